The molecule has 0 fully saturated rings. The van der Waals surface area contributed by atoms with E-state index in [0.29, 0.717) is 11.3 Å². The van der Waals surface area contributed by atoms with E-state index >= 15 is 0 Å². The van der Waals surface area contributed by atoms with E-state index in [1.807, 2.05) is 0 Å². The van der Waals surface area contributed by atoms with Crippen molar-refractivity contribution in [2.75, 3.05) is 0 Å². The minimum Gasteiger partial charge on any atom is -0.870 e. The summed E-state index contributed by atoms with van der Waals surface area (Å²) in [5.41, 5.74) is 0.707. The second-order valence-electron chi connectivity index (χ2n) is 2.32. The van der Waals surface area contributed by atoms with Crippen LogP contribution in [0.4, 0.5) is 4.39 Å². The fourth-order valence-electron chi connectivity index (χ4n) is 1.03. The van der Waals surface area contributed by atoms with Crippen LogP contribution in [0, 0.1) is 5.82 Å². The number of carbonyl (C=O) groups excluding carboxylic acids is 1. The van der Waals surface area contributed by atoms with Crippen molar-refractivity contribution in [3.05, 3.63) is 36.0 Å². The Labute approximate surface area is 122 Å². The van der Waals surface area contributed by atoms with Gasteiger partial charge in [-0.15, -0.1) is 0 Å². The summed E-state index contributed by atoms with van der Waals surface area (Å²) in [5.74, 6) is -0.370. The maximum absolute atomic E-state index is 12.6. The van der Waals surface area contributed by atoms with Gasteiger partial charge in [0.25, 0.3) is 0 Å². The van der Waals surface area contributed by atoms with E-state index in [4.69, 9.17) is 0 Å². The summed E-state index contributed by atoms with van der Waals surface area (Å²) in [7, 11) is 0. The molecule has 2 rings (SSSR count). The van der Waals surface area contributed by atoms with Gasteiger partial charge in [0, 0.05) is 18.5 Å². The molecular formula is C8H5FKN2O2-. The molecular weight excluding hydrogens is 214 g/mol. The van der Waals surface area contributed by atoms with E-state index < -0.39 is 0 Å². The van der Waals surface area contributed by atoms with Crippen molar-refractivity contribution in [2.45, 2.75) is 0 Å². The number of fused-ring (bicyclic) bond motifs is 1. The number of imidazole rings is 1. The molecule has 2 aromatic heterocycles. The Kier molecular flexibility index (Phi) is 5.64. The van der Waals surface area contributed by atoms with Crippen LogP contribution in [0.3, 0.4) is 0 Å². The second kappa shape index (κ2) is 5.69. The van der Waals surface area contributed by atoms with E-state index in [9.17, 15) is 9.18 Å². The maximum Gasteiger partial charge on any atom is 1.00 e. The summed E-state index contributed by atoms with van der Waals surface area (Å²) >= 11 is 0. The summed E-state index contributed by atoms with van der Waals surface area (Å²) in [6, 6.07) is 2.51. The third-order valence-electron chi connectivity index (χ3n) is 1.58. The van der Waals surface area contributed by atoms with E-state index in [1.165, 1.54) is 28.9 Å². The quantitative estimate of drug-likeness (QED) is 0.402. The van der Waals surface area contributed by atoms with Crippen LogP contribution in [0.1, 0.15) is 5.69 Å². The number of hydrogen-bond acceptors (Lipinski definition) is 3. The second-order valence-corrected chi connectivity index (χ2v) is 2.32. The summed E-state index contributed by atoms with van der Waals surface area (Å²) in [6.45, 7) is 0. The molecule has 2 heterocycles. The maximum atomic E-state index is 12.6. The molecule has 0 unspecified atom stereocenters. The molecule has 0 aliphatic rings. The third-order valence-corrected chi connectivity index (χ3v) is 1.58. The van der Waals surface area contributed by atoms with Crippen LogP contribution in [-0.2, 0) is 4.79 Å². The van der Waals surface area contributed by atoms with Crippen molar-refractivity contribution in [3.8, 4) is 0 Å². The monoisotopic (exact) mass is 219 g/mol. The fraction of sp³-hybridized carbons (Fsp3) is 0. The number of nitrogens with zero attached hydrogens (tertiary/aromatic N) is 2. The Hall–Kier alpha value is -0.114. The third kappa shape index (κ3) is 2.47. The molecule has 0 radical (unpaired) electrons. The number of pyridine rings is 1. The average Bonchev–Trinajstić information content (AvgIpc) is 2.46. The summed E-state index contributed by atoms with van der Waals surface area (Å²) in [6.07, 6.45) is 4.49. The predicted molar refractivity (Wildman–Crippen MR) is 41.9 cm³/mol. The van der Waals surface area contributed by atoms with E-state index in [-0.39, 0.29) is 62.7 Å². The van der Waals surface area contributed by atoms with Crippen molar-refractivity contribution in [1.29, 1.82) is 0 Å². The molecule has 14 heavy (non-hydrogen) atoms. The summed E-state index contributed by atoms with van der Waals surface area (Å²) in [5, 5.41) is 0. The molecule has 0 bridgehead atoms. The van der Waals surface area contributed by atoms with Crippen LogP contribution in [-0.4, -0.2) is 21.1 Å². The van der Waals surface area contributed by atoms with Crippen molar-refractivity contribution < 1.29 is 66.0 Å². The summed E-state index contributed by atoms with van der Waals surface area (Å²) < 4.78 is 14.1. The molecule has 0 aromatic carbocycles. The minimum atomic E-state index is -0.370. The topological polar surface area (TPSA) is 64.4 Å². The fourth-order valence-corrected chi connectivity index (χ4v) is 1.03. The number of rotatable bonds is 1. The first-order chi connectivity index (χ1) is 5.81. The number of hydrogen-bond donors (Lipinski definition) is 0. The van der Waals surface area contributed by atoms with Gasteiger partial charge in [0.05, 0.1) is 0 Å². The average molecular weight is 219 g/mol. The molecule has 0 aliphatic heterocycles. The van der Waals surface area contributed by atoms with Crippen LogP contribution in [0.2, 0.25) is 0 Å². The molecule has 0 aliphatic carbocycles. The predicted octanol–water partition coefficient (Wildman–Crippen LogP) is -2.24. The van der Waals surface area contributed by atoms with E-state index in [1.54, 1.807) is 6.29 Å². The molecule has 0 amide bonds. The van der Waals surface area contributed by atoms with E-state index in [0.717, 1.165) is 0 Å². The van der Waals surface area contributed by atoms with Gasteiger partial charge in [0.2, 0.25) is 0 Å². The van der Waals surface area contributed by atoms with Crippen molar-refractivity contribution in [2.24, 2.45) is 0 Å². The van der Waals surface area contributed by atoms with E-state index in [2.05, 4.69) is 4.98 Å². The Bertz CT molecular complexity index is 444. The Morgan fingerprint density at radius 1 is 1.50 bits per heavy atom. The van der Waals surface area contributed by atoms with Crippen molar-refractivity contribution >= 4 is 11.9 Å². The first-order valence-electron chi connectivity index (χ1n) is 3.32. The zero-order chi connectivity index (χ0) is 8.55. The first kappa shape index (κ1) is 13.9. The molecule has 0 saturated heterocycles. The Balaban J connectivity index is 0.000000845. The SMILES string of the molecule is O=[C-]c1cnc2cc(F)ccn12.[K+].[OH-]. The van der Waals surface area contributed by atoms with Gasteiger partial charge in [-0.05, 0) is 6.07 Å². The normalized spacial score (nSPS) is 8.93. The standard InChI is InChI=1S/C8H4FN2O.K.H2O/c9-6-1-2-11-7(5-12)4-10-8(11)3-6;;/h1-4H;;1H2/q-1;+1;/p-1. The molecule has 0 saturated carbocycles. The van der Waals surface area contributed by atoms with Gasteiger partial charge in [-0.25, -0.2) is 4.39 Å². The smallest absolute Gasteiger partial charge is 0.870 e. The summed E-state index contributed by atoms with van der Waals surface area (Å²) in [4.78, 5) is 14.1. The van der Waals surface area contributed by atoms with Gasteiger partial charge < -0.3 is 19.7 Å². The minimum absolute atomic E-state index is 0. The molecule has 68 valence electrons. The van der Waals surface area contributed by atoms with Crippen LogP contribution in [0.25, 0.3) is 5.65 Å². The largest absolute Gasteiger partial charge is 1.00 e. The zero-order valence-corrected chi connectivity index (χ0v) is 10.6. The first-order valence-corrected chi connectivity index (χ1v) is 3.32. The van der Waals surface area contributed by atoms with Crippen LogP contribution in [0.5, 0.6) is 0 Å². The molecule has 4 nitrogen and oxygen atoms in total. The molecule has 0 spiro atoms. The molecule has 1 N–H and O–H groups in total. The van der Waals surface area contributed by atoms with Gasteiger partial charge in [0.1, 0.15) is 11.5 Å². The van der Waals surface area contributed by atoms with Gasteiger partial charge in [-0.1, -0.05) is 11.9 Å². The van der Waals surface area contributed by atoms with Gasteiger partial charge in [-0.3, -0.25) is 0 Å². The molecule has 0 atom stereocenters. The number of halogens is 1. The molecule has 6 heteroatoms. The van der Waals surface area contributed by atoms with Crippen LogP contribution < -0.4 is 51.4 Å². The van der Waals surface area contributed by atoms with Gasteiger partial charge in [0.15, 0.2) is 0 Å². The van der Waals surface area contributed by atoms with Crippen LogP contribution in [0.15, 0.2) is 24.5 Å². The van der Waals surface area contributed by atoms with Crippen molar-refractivity contribution in [1.82, 2.24) is 9.38 Å². The van der Waals surface area contributed by atoms with Crippen molar-refractivity contribution in [3.63, 3.8) is 0 Å². The molecule has 2 aromatic rings. The van der Waals surface area contributed by atoms with Gasteiger partial charge >= 0.3 is 51.4 Å². The van der Waals surface area contributed by atoms with Gasteiger partial charge in [-0.2, -0.15) is 0 Å². The Morgan fingerprint density at radius 2 is 2.21 bits per heavy atom. The Morgan fingerprint density at radius 3 is 2.86 bits per heavy atom. The zero-order valence-electron chi connectivity index (χ0n) is 7.44. The van der Waals surface area contributed by atoms with Crippen LogP contribution >= 0.6 is 0 Å². The number of aromatic nitrogens is 2.